The average molecular weight is 331 g/mol. The van der Waals surface area contributed by atoms with E-state index in [2.05, 4.69) is 5.32 Å². The summed E-state index contributed by atoms with van der Waals surface area (Å²) in [7, 11) is 4.54. The Balaban J connectivity index is 2.24. The largest absolute Gasteiger partial charge is 0.386 e. The normalized spacial score (nSPS) is 14.3. The number of benzene rings is 2. The van der Waals surface area contributed by atoms with E-state index in [1.807, 2.05) is 60.7 Å². The predicted molar refractivity (Wildman–Crippen MR) is 92.3 cm³/mol. The Hall–Kier alpha value is -1.76. The van der Waals surface area contributed by atoms with Crippen molar-refractivity contribution in [3.8, 4) is 0 Å². The van der Waals surface area contributed by atoms with Crippen molar-refractivity contribution >= 4 is 0 Å². The van der Waals surface area contributed by atoms with E-state index >= 15 is 0 Å². The fraction of sp³-hybridized carbons (Fsp3) is 0.368. The molecule has 0 radical (unpaired) electrons. The van der Waals surface area contributed by atoms with Gasteiger partial charge in [-0.25, -0.2) is 0 Å². The molecule has 24 heavy (non-hydrogen) atoms. The second-order valence-electron chi connectivity index (χ2n) is 5.42. The van der Waals surface area contributed by atoms with Crippen molar-refractivity contribution in [2.75, 3.05) is 27.9 Å². The summed E-state index contributed by atoms with van der Waals surface area (Å²) in [4.78, 5) is 0. The lowest BCUT2D eigenvalue weighted by Crippen LogP contribution is -2.47. The molecule has 0 aliphatic heterocycles. The maximum absolute atomic E-state index is 10.9. The van der Waals surface area contributed by atoms with Crippen LogP contribution in [0.15, 0.2) is 60.7 Å². The number of aliphatic hydroxyl groups is 1. The lowest BCUT2D eigenvalue weighted by Gasteiger charge is -2.32. The van der Waals surface area contributed by atoms with Crippen LogP contribution in [0.25, 0.3) is 0 Å². The molecule has 0 saturated heterocycles. The van der Waals surface area contributed by atoms with Gasteiger partial charge in [-0.05, 0) is 11.1 Å². The van der Waals surface area contributed by atoms with Crippen LogP contribution >= 0.6 is 0 Å². The zero-order valence-electron chi connectivity index (χ0n) is 14.3. The fourth-order valence-electron chi connectivity index (χ4n) is 2.62. The molecular formula is C19H25NO4. The summed E-state index contributed by atoms with van der Waals surface area (Å²) in [6.07, 6.45) is -0.725. The molecule has 0 aliphatic rings. The molecule has 0 amide bonds. The van der Waals surface area contributed by atoms with Crippen LogP contribution in [0.1, 0.15) is 23.3 Å². The Morgan fingerprint density at radius 3 is 1.75 bits per heavy atom. The van der Waals surface area contributed by atoms with Gasteiger partial charge in [-0.1, -0.05) is 60.7 Å². The van der Waals surface area contributed by atoms with Gasteiger partial charge in [0.05, 0.1) is 18.7 Å². The van der Waals surface area contributed by atoms with Crippen LogP contribution in [0.2, 0.25) is 0 Å². The van der Waals surface area contributed by atoms with Crippen molar-refractivity contribution in [3.63, 3.8) is 0 Å². The summed E-state index contributed by atoms with van der Waals surface area (Å²) >= 11 is 0. The van der Waals surface area contributed by atoms with Crippen LogP contribution < -0.4 is 5.32 Å². The molecule has 5 nitrogen and oxygen atoms in total. The van der Waals surface area contributed by atoms with Crippen molar-refractivity contribution in [1.82, 2.24) is 5.32 Å². The van der Waals surface area contributed by atoms with Gasteiger partial charge in [-0.15, -0.1) is 0 Å². The van der Waals surface area contributed by atoms with E-state index in [4.69, 9.17) is 14.2 Å². The minimum atomic E-state index is -1.20. The van der Waals surface area contributed by atoms with Crippen LogP contribution in [-0.2, 0) is 14.2 Å². The molecule has 0 bridgehead atoms. The number of rotatable bonds is 9. The molecule has 2 aromatic rings. The topological polar surface area (TPSA) is 60.0 Å². The number of hydrogen-bond donors (Lipinski definition) is 2. The molecule has 0 fully saturated rings. The zero-order chi connectivity index (χ0) is 17.4. The molecule has 2 atom stereocenters. The number of nitrogens with one attached hydrogen (secondary N) is 1. The number of ether oxygens (including phenoxy) is 3. The highest BCUT2D eigenvalue weighted by Gasteiger charge is 2.32. The van der Waals surface area contributed by atoms with Gasteiger partial charge in [0, 0.05) is 21.3 Å². The Morgan fingerprint density at radius 2 is 1.29 bits per heavy atom. The summed E-state index contributed by atoms with van der Waals surface area (Å²) in [6, 6.07) is 19.0. The monoisotopic (exact) mass is 331 g/mol. The van der Waals surface area contributed by atoms with E-state index in [-0.39, 0.29) is 12.6 Å². The Kier molecular flexibility index (Phi) is 6.90. The van der Waals surface area contributed by atoms with Crippen LogP contribution in [0.4, 0.5) is 0 Å². The quantitative estimate of drug-likeness (QED) is 0.692. The van der Waals surface area contributed by atoms with Gasteiger partial charge in [-0.3, -0.25) is 0 Å². The first kappa shape index (κ1) is 18.6. The summed E-state index contributed by atoms with van der Waals surface area (Å²) in [5.74, 6) is -1.20. The van der Waals surface area contributed by atoms with Gasteiger partial charge in [0.25, 0.3) is 5.97 Å². The van der Waals surface area contributed by atoms with Gasteiger partial charge in [-0.2, -0.15) is 0 Å². The number of aliphatic hydroxyl groups excluding tert-OH is 1. The van der Waals surface area contributed by atoms with Crippen LogP contribution in [0.3, 0.4) is 0 Å². The molecule has 2 unspecified atom stereocenters. The maximum atomic E-state index is 10.9. The molecule has 0 heterocycles. The van der Waals surface area contributed by atoms with Gasteiger partial charge in [0.1, 0.15) is 0 Å². The zero-order valence-corrected chi connectivity index (χ0v) is 14.3. The highest BCUT2D eigenvalue weighted by Crippen LogP contribution is 2.29. The lowest BCUT2D eigenvalue weighted by atomic mass is 9.95. The summed E-state index contributed by atoms with van der Waals surface area (Å²) in [6.45, 7) is 0.250. The molecule has 0 saturated carbocycles. The maximum Gasteiger partial charge on any atom is 0.295 e. The van der Waals surface area contributed by atoms with Crippen molar-refractivity contribution in [2.24, 2.45) is 0 Å². The third-order valence-corrected chi connectivity index (χ3v) is 4.09. The predicted octanol–water partition coefficient (Wildman–Crippen LogP) is 2.64. The molecule has 2 aromatic carbocycles. The SMILES string of the molecule is COC(CNC(c1ccccc1)C(O)c1ccccc1)(OC)OC. The molecule has 0 spiro atoms. The lowest BCUT2D eigenvalue weighted by molar-refractivity contribution is -0.348. The second-order valence-corrected chi connectivity index (χ2v) is 5.42. The third-order valence-electron chi connectivity index (χ3n) is 4.09. The Bertz CT molecular complexity index is 579. The van der Waals surface area contributed by atoms with Crippen molar-refractivity contribution in [3.05, 3.63) is 71.8 Å². The van der Waals surface area contributed by atoms with Gasteiger partial charge in [0.2, 0.25) is 0 Å². The van der Waals surface area contributed by atoms with Crippen LogP contribution in [0, 0.1) is 0 Å². The van der Waals surface area contributed by atoms with Gasteiger partial charge in [0.15, 0.2) is 0 Å². The third kappa shape index (κ3) is 4.41. The summed E-state index contributed by atoms with van der Waals surface area (Å²) < 4.78 is 16.0. The number of methoxy groups -OCH3 is 3. The van der Waals surface area contributed by atoms with Gasteiger partial charge >= 0.3 is 0 Å². The van der Waals surface area contributed by atoms with Crippen LogP contribution in [-0.4, -0.2) is 39.0 Å². The molecule has 0 aliphatic carbocycles. The minimum Gasteiger partial charge on any atom is -0.386 e. The first-order valence-corrected chi connectivity index (χ1v) is 7.82. The molecule has 0 aromatic heterocycles. The standard InChI is InChI=1S/C19H25NO4/c1-22-19(23-2,24-3)14-20-17(15-10-6-4-7-11-15)18(21)16-12-8-5-9-13-16/h4-13,17-18,20-21H,14H2,1-3H3. The van der Waals surface area contributed by atoms with Crippen molar-refractivity contribution in [2.45, 2.75) is 18.1 Å². The molecule has 2 N–H and O–H groups in total. The smallest absolute Gasteiger partial charge is 0.295 e. The first-order chi connectivity index (χ1) is 11.7. The summed E-state index contributed by atoms with van der Waals surface area (Å²) in [5.41, 5.74) is 1.79. The van der Waals surface area contributed by atoms with E-state index in [1.54, 1.807) is 0 Å². The van der Waals surface area contributed by atoms with E-state index in [0.29, 0.717) is 0 Å². The van der Waals surface area contributed by atoms with Crippen molar-refractivity contribution in [1.29, 1.82) is 0 Å². The summed E-state index contributed by atoms with van der Waals surface area (Å²) in [5, 5.41) is 14.2. The Labute approximate surface area is 143 Å². The second kappa shape index (κ2) is 8.92. The number of hydrogen-bond acceptors (Lipinski definition) is 5. The van der Waals surface area contributed by atoms with E-state index < -0.39 is 12.1 Å². The molecular weight excluding hydrogens is 306 g/mol. The Morgan fingerprint density at radius 1 is 0.833 bits per heavy atom. The van der Waals surface area contributed by atoms with Crippen LogP contribution in [0.5, 0.6) is 0 Å². The minimum absolute atomic E-state index is 0.250. The highest BCUT2D eigenvalue weighted by atomic mass is 16.9. The average Bonchev–Trinajstić information content (AvgIpc) is 2.67. The van der Waals surface area contributed by atoms with Crippen molar-refractivity contribution < 1.29 is 19.3 Å². The van der Waals surface area contributed by atoms with E-state index in [1.165, 1.54) is 21.3 Å². The van der Waals surface area contributed by atoms with E-state index in [0.717, 1.165) is 11.1 Å². The van der Waals surface area contributed by atoms with Gasteiger partial charge < -0.3 is 24.6 Å². The first-order valence-electron chi connectivity index (χ1n) is 7.82. The molecule has 5 heteroatoms. The molecule has 2 rings (SSSR count). The van der Waals surface area contributed by atoms with E-state index in [9.17, 15) is 5.11 Å². The highest BCUT2D eigenvalue weighted by molar-refractivity contribution is 5.26. The molecule has 130 valence electrons. The fourth-order valence-corrected chi connectivity index (χ4v) is 2.62.